The summed E-state index contributed by atoms with van der Waals surface area (Å²) in [6, 6.07) is 18.6. The number of aryl methyl sites for hydroxylation is 1. The molecule has 0 saturated heterocycles. The average Bonchev–Trinajstić information content (AvgIpc) is 2.73. The fourth-order valence-corrected chi connectivity index (χ4v) is 5.18. The molecule has 0 saturated carbocycles. The zero-order valence-electron chi connectivity index (χ0n) is 17.3. The second-order valence-electron chi connectivity index (χ2n) is 7.05. The van der Waals surface area contributed by atoms with E-state index in [1.165, 1.54) is 30.3 Å². The first kappa shape index (κ1) is 24.5. The third-order valence-corrected chi connectivity index (χ3v) is 7.46. The molecular formula is C23H22Cl2N2O3S2. The molecule has 0 bridgehead atoms. The van der Waals surface area contributed by atoms with Crippen molar-refractivity contribution in [1.29, 1.82) is 0 Å². The summed E-state index contributed by atoms with van der Waals surface area (Å²) in [5, 5.41) is 3.70. The lowest BCUT2D eigenvalue weighted by molar-refractivity contribution is 0.0956. The number of benzene rings is 3. The summed E-state index contributed by atoms with van der Waals surface area (Å²) >= 11 is 13.9. The van der Waals surface area contributed by atoms with E-state index in [4.69, 9.17) is 23.2 Å². The molecule has 0 fully saturated rings. The van der Waals surface area contributed by atoms with Crippen LogP contribution < -0.4 is 10.0 Å². The lowest BCUT2D eigenvalue weighted by Gasteiger charge is -2.11. The zero-order valence-corrected chi connectivity index (χ0v) is 20.4. The van der Waals surface area contributed by atoms with Gasteiger partial charge in [-0.15, -0.1) is 0 Å². The van der Waals surface area contributed by atoms with Crippen LogP contribution in [0.4, 0.5) is 5.69 Å². The number of hydrogen-bond donors (Lipinski definition) is 2. The van der Waals surface area contributed by atoms with Gasteiger partial charge in [0.1, 0.15) is 0 Å². The number of amides is 1. The normalized spacial score (nSPS) is 11.2. The summed E-state index contributed by atoms with van der Waals surface area (Å²) in [6.45, 7) is 2.35. The van der Waals surface area contributed by atoms with Crippen molar-refractivity contribution in [1.82, 2.24) is 5.32 Å². The van der Waals surface area contributed by atoms with Gasteiger partial charge >= 0.3 is 0 Å². The quantitative estimate of drug-likeness (QED) is 0.360. The van der Waals surface area contributed by atoms with Crippen molar-refractivity contribution in [3.05, 3.63) is 93.5 Å². The molecule has 5 nitrogen and oxygen atoms in total. The molecule has 0 radical (unpaired) electrons. The van der Waals surface area contributed by atoms with Crippen LogP contribution in [0.25, 0.3) is 0 Å². The predicted octanol–water partition coefficient (Wildman–Crippen LogP) is 5.77. The highest BCUT2D eigenvalue weighted by Crippen LogP contribution is 2.24. The van der Waals surface area contributed by atoms with E-state index in [-0.39, 0.29) is 27.1 Å². The molecular weight excluding hydrogens is 487 g/mol. The van der Waals surface area contributed by atoms with E-state index < -0.39 is 10.0 Å². The number of nitrogens with one attached hydrogen (secondary N) is 2. The van der Waals surface area contributed by atoms with Gasteiger partial charge in [0.25, 0.3) is 15.9 Å². The molecule has 0 aliphatic carbocycles. The highest BCUT2D eigenvalue weighted by atomic mass is 35.5. The molecule has 3 aromatic rings. The number of sulfonamides is 1. The number of hydrogen-bond acceptors (Lipinski definition) is 4. The third-order valence-electron chi connectivity index (χ3n) is 4.49. The van der Waals surface area contributed by atoms with Crippen LogP contribution in [0.2, 0.25) is 10.0 Å². The average molecular weight is 509 g/mol. The molecule has 0 unspecified atom stereocenters. The summed E-state index contributed by atoms with van der Waals surface area (Å²) in [6.07, 6.45) is 0. The van der Waals surface area contributed by atoms with Crippen molar-refractivity contribution < 1.29 is 13.2 Å². The monoisotopic (exact) mass is 508 g/mol. The van der Waals surface area contributed by atoms with Crippen LogP contribution in [0.15, 0.2) is 71.6 Å². The molecule has 0 atom stereocenters. The molecule has 0 aromatic heterocycles. The van der Waals surface area contributed by atoms with E-state index >= 15 is 0 Å². The Bertz CT molecular complexity index is 1200. The van der Waals surface area contributed by atoms with Gasteiger partial charge in [-0.2, -0.15) is 11.8 Å². The highest BCUT2D eigenvalue weighted by molar-refractivity contribution is 7.98. The molecule has 32 heavy (non-hydrogen) atoms. The number of carbonyl (C=O) groups is 1. The zero-order chi connectivity index (χ0) is 23.1. The Labute approximate surface area is 202 Å². The van der Waals surface area contributed by atoms with Gasteiger partial charge in [0.2, 0.25) is 0 Å². The van der Waals surface area contributed by atoms with Crippen molar-refractivity contribution in [2.24, 2.45) is 0 Å². The first-order chi connectivity index (χ1) is 15.2. The van der Waals surface area contributed by atoms with Crippen LogP contribution in [0.5, 0.6) is 0 Å². The van der Waals surface area contributed by atoms with Crippen LogP contribution in [-0.4, -0.2) is 26.6 Å². The number of halogens is 2. The number of anilines is 1. The first-order valence-electron chi connectivity index (χ1n) is 9.74. The SMILES string of the molecule is Cc1ccc(S(=O)(=O)Nc2ccc(C(=O)NCCSCc3cccc(Cl)c3)c(Cl)c2)cc1. The van der Waals surface area contributed by atoms with Gasteiger partial charge in [-0.1, -0.05) is 53.0 Å². The molecule has 2 N–H and O–H groups in total. The molecule has 9 heteroatoms. The molecule has 0 aliphatic heterocycles. The van der Waals surface area contributed by atoms with Crippen molar-refractivity contribution in [2.45, 2.75) is 17.6 Å². The number of thioether (sulfide) groups is 1. The summed E-state index contributed by atoms with van der Waals surface area (Å²) in [5.41, 5.74) is 2.65. The topological polar surface area (TPSA) is 75.3 Å². The van der Waals surface area contributed by atoms with Gasteiger partial charge in [-0.25, -0.2) is 8.42 Å². The fourth-order valence-electron chi connectivity index (χ4n) is 2.84. The van der Waals surface area contributed by atoms with Crippen molar-refractivity contribution in [3.63, 3.8) is 0 Å². The van der Waals surface area contributed by atoms with Crippen molar-refractivity contribution >= 4 is 56.6 Å². The van der Waals surface area contributed by atoms with Crippen LogP contribution in [-0.2, 0) is 15.8 Å². The molecule has 0 spiro atoms. The van der Waals surface area contributed by atoms with E-state index in [1.807, 2.05) is 31.2 Å². The second kappa shape index (κ2) is 11.1. The molecule has 0 heterocycles. The van der Waals surface area contributed by atoms with E-state index in [9.17, 15) is 13.2 Å². The standard InChI is InChI=1S/C23H22Cl2N2O3S2/c1-16-5-8-20(9-6-16)32(29,30)27-19-7-10-21(22(25)14-19)23(28)26-11-12-31-15-17-3-2-4-18(24)13-17/h2-10,13-14,27H,11-12,15H2,1H3,(H,26,28). The lowest BCUT2D eigenvalue weighted by Crippen LogP contribution is -2.26. The maximum absolute atomic E-state index is 12.5. The number of rotatable bonds is 9. The highest BCUT2D eigenvalue weighted by Gasteiger charge is 2.16. The third kappa shape index (κ3) is 6.90. The van der Waals surface area contributed by atoms with Crippen LogP contribution in [0.3, 0.4) is 0 Å². The van der Waals surface area contributed by atoms with Gasteiger partial charge in [0.15, 0.2) is 0 Å². The maximum Gasteiger partial charge on any atom is 0.261 e. The predicted molar refractivity (Wildman–Crippen MR) is 133 cm³/mol. The van der Waals surface area contributed by atoms with E-state index in [0.29, 0.717) is 11.6 Å². The molecule has 1 amide bonds. The Morgan fingerprint density at radius 3 is 2.44 bits per heavy atom. The largest absolute Gasteiger partial charge is 0.351 e. The summed E-state index contributed by atoms with van der Waals surface area (Å²) in [7, 11) is -3.75. The summed E-state index contributed by atoms with van der Waals surface area (Å²) < 4.78 is 27.5. The van der Waals surface area contributed by atoms with Crippen molar-refractivity contribution in [2.75, 3.05) is 17.0 Å². The van der Waals surface area contributed by atoms with E-state index in [2.05, 4.69) is 10.0 Å². The first-order valence-corrected chi connectivity index (χ1v) is 13.1. The molecule has 3 aromatic carbocycles. The van der Waals surface area contributed by atoms with Gasteiger partial charge < -0.3 is 5.32 Å². The van der Waals surface area contributed by atoms with E-state index in [0.717, 1.165) is 22.6 Å². The Kier molecular flexibility index (Phi) is 8.48. The Hall–Kier alpha value is -2.19. The minimum Gasteiger partial charge on any atom is -0.351 e. The maximum atomic E-state index is 12.5. The minimum atomic E-state index is -3.75. The van der Waals surface area contributed by atoms with E-state index in [1.54, 1.807) is 23.9 Å². The Balaban J connectivity index is 1.52. The van der Waals surface area contributed by atoms with Gasteiger partial charge in [-0.05, 0) is 55.0 Å². The lowest BCUT2D eigenvalue weighted by atomic mass is 10.2. The minimum absolute atomic E-state index is 0.149. The summed E-state index contributed by atoms with van der Waals surface area (Å²) in [5.74, 6) is 1.21. The summed E-state index contributed by atoms with van der Waals surface area (Å²) in [4.78, 5) is 12.6. The van der Waals surface area contributed by atoms with Crippen LogP contribution in [0, 0.1) is 6.92 Å². The fraction of sp³-hybridized carbons (Fsp3) is 0.174. The second-order valence-corrected chi connectivity index (χ2v) is 10.7. The van der Waals surface area contributed by atoms with Crippen molar-refractivity contribution in [3.8, 4) is 0 Å². The Morgan fingerprint density at radius 2 is 1.75 bits per heavy atom. The number of carbonyl (C=O) groups excluding carboxylic acids is 1. The van der Waals surface area contributed by atoms with Gasteiger partial charge in [0, 0.05) is 23.1 Å². The smallest absolute Gasteiger partial charge is 0.261 e. The van der Waals surface area contributed by atoms with Crippen LogP contribution in [0.1, 0.15) is 21.5 Å². The molecule has 0 aliphatic rings. The van der Waals surface area contributed by atoms with Crippen LogP contribution >= 0.6 is 35.0 Å². The van der Waals surface area contributed by atoms with Gasteiger partial charge in [0.05, 0.1) is 21.2 Å². The molecule has 168 valence electrons. The van der Waals surface area contributed by atoms with Gasteiger partial charge in [-0.3, -0.25) is 9.52 Å². The molecule has 3 rings (SSSR count). The Morgan fingerprint density at radius 1 is 1.00 bits per heavy atom.